The standard InChI is InChI=1S/C19H32O4/c1-5-17(21)14(3)18(22)15(4)19(13(2)11-20)23-12-16-9-7-6-8-10-16/h6-10,13-15,17-22H,5,11-12H2,1-4H3/t13-,14+,15-,17-,18+,19+/m0/s1. The molecule has 0 amide bonds. The van der Waals surface area contributed by atoms with E-state index in [2.05, 4.69) is 0 Å². The Morgan fingerprint density at radius 2 is 1.61 bits per heavy atom. The zero-order valence-electron chi connectivity index (χ0n) is 14.7. The number of rotatable bonds is 10. The third-order valence-corrected chi connectivity index (χ3v) is 4.75. The number of ether oxygens (including phenoxy) is 1. The van der Waals surface area contributed by atoms with Gasteiger partial charge in [-0.1, -0.05) is 58.0 Å². The van der Waals surface area contributed by atoms with E-state index in [-0.39, 0.29) is 30.5 Å². The maximum atomic E-state index is 10.6. The second-order valence-corrected chi connectivity index (χ2v) is 6.61. The van der Waals surface area contributed by atoms with Crippen molar-refractivity contribution >= 4 is 0 Å². The van der Waals surface area contributed by atoms with Crippen LogP contribution in [-0.2, 0) is 11.3 Å². The van der Waals surface area contributed by atoms with E-state index in [1.54, 1.807) is 0 Å². The summed E-state index contributed by atoms with van der Waals surface area (Å²) in [5.41, 5.74) is 1.06. The summed E-state index contributed by atoms with van der Waals surface area (Å²) in [5, 5.41) is 30.1. The van der Waals surface area contributed by atoms with Gasteiger partial charge in [0.05, 0.1) is 24.9 Å². The van der Waals surface area contributed by atoms with Crippen molar-refractivity contribution in [2.75, 3.05) is 6.61 Å². The molecule has 0 spiro atoms. The molecule has 4 nitrogen and oxygen atoms in total. The Kier molecular flexibility index (Phi) is 8.77. The van der Waals surface area contributed by atoms with Gasteiger partial charge in [-0.2, -0.15) is 0 Å². The molecule has 0 fully saturated rings. The zero-order valence-corrected chi connectivity index (χ0v) is 14.7. The van der Waals surface area contributed by atoms with Gasteiger partial charge in [0.2, 0.25) is 0 Å². The van der Waals surface area contributed by atoms with E-state index in [1.165, 1.54) is 0 Å². The quantitative estimate of drug-likeness (QED) is 0.619. The first-order valence-electron chi connectivity index (χ1n) is 8.54. The summed E-state index contributed by atoms with van der Waals surface area (Å²) in [6.07, 6.45) is -0.885. The van der Waals surface area contributed by atoms with Crippen LogP contribution in [0.5, 0.6) is 0 Å². The molecule has 132 valence electrons. The molecule has 1 aromatic carbocycles. The molecule has 6 atom stereocenters. The minimum Gasteiger partial charge on any atom is -0.396 e. The number of aliphatic hydroxyl groups excluding tert-OH is 3. The third kappa shape index (κ3) is 5.88. The average molecular weight is 324 g/mol. The van der Waals surface area contributed by atoms with Crippen LogP contribution in [-0.4, -0.2) is 40.2 Å². The molecule has 0 radical (unpaired) electrons. The molecule has 0 aromatic heterocycles. The van der Waals surface area contributed by atoms with Crippen molar-refractivity contribution in [2.45, 2.75) is 59.0 Å². The number of hydrogen-bond donors (Lipinski definition) is 3. The predicted octanol–water partition coefficient (Wildman–Crippen LogP) is 2.60. The van der Waals surface area contributed by atoms with Gasteiger partial charge >= 0.3 is 0 Å². The summed E-state index contributed by atoms with van der Waals surface area (Å²) in [7, 11) is 0. The van der Waals surface area contributed by atoms with Crippen molar-refractivity contribution in [3.63, 3.8) is 0 Å². The SMILES string of the molecule is CC[C@H](O)[C@@H](C)[C@@H](O)[C@H](C)[C@H](OCc1ccccc1)[C@@H](C)CO. The first-order chi connectivity index (χ1) is 10.9. The summed E-state index contributed by atoms with van der Waals surface area (Å²) in [5.74, 6) is -0.505. The van der Waals surface area contributed by atoms with Crippen molar-refractivity contribution in [3.05, 3.63) is 35.9 Å². The topological polar surface area (TPSA) is 69.9 Å². The molecule has 0 aliphatic carbocycles. The normalized spacial score (nSPS) is 19.6. The Labute approximate surface area is 140 Å². The Hall–Kier alpha value is -0.940. The van der Waals surface area contributed by atoms with Gasteiger partial charge < -0.3 is 20.1 Å². The summed E-state index contributed by atoms with van der Waals surface area (Å²) < 4.78 is 6.03. The second-order valence-electron chi connectivity index (χ2n) is 6.61. The van der Waals surface area contributed by atoms with E-state index in [9.17, 15) is 15.3 Å². The molecule has 3 N–H and O–H groups in total. The van der Waals surface area contributed by atoms with E-state index < -0.39 is 12.2 Å². The zero-order chi connectivity index (χ0) is 17.4. The highest BCUT2D eigenvalue weighted by Gasteiger charge is 2.34. The number of benzene rings is 1. The first-order valence-corrected chi connectivity index (χ1v) is 8.54. The van der Waals surface area contributed by atoms with Gasteiger partial charge in [-0.05, 0) is 12.0 Å². The molecule has 0 saturated heterocycles. The van der Waals surface area contributed by atoms with Crippen molar-refractivity contribution in [3.8, 4) is 0 Å². The van der Waals surface area contributed by atoms with E-state index in [1.807, 2.05) is 58.0 Å². The Morgan fingerprint density at radius 1 is 1.00 bits per heavy atom. The van der Waals surface area contributed by atoms with Crippen LogP contribution in [0.3, 0.4) is 0 Å². The van der Waals surface area contributed by atoms with Crippen LogP contribution in [0.4, 0.5) is 0 Å². The van der Waals surface area contributed by atoms with Gasteiger partial charge in [0.15, 0.2) is 0 Å². The minimum absolute atomic E-state index is 0.00122. The molecule has 1 rings (SSSR count). The molecule has 0 aliphatic rings. The third-order valence-electron chi connectivity index (χ3n) is 4.75. The summed E-state index contributed by atoms with van der Waals surface area (Å²) >= 11 is 0. The van der Waals surface area contributed by atoms with Crippen LogP contribution >= 0.6 is 0 Å². The lowest BCUT2D eigenvalue weighted by Crippen LogP contribution is -2.43. The molecule has 0 aliphatic heterocycles. The van der Waals surface area contributed by atoms with Crippen molar-refractivity contribution in [1.29, 1.82) is 0 Å². The lowest BCUT2D eigenvalue weighted by Gasteiger charge is -2.35. The smallest absolute Gasteiger partial charge is 0.0720 e. The molecule has 0 heterocycles. The highest BCUT2D eigenvalue weighted by Crippen LogP contribution is 2.27. The minimum atomic E-state index is -0.681. The maximum Gasteiger partial charge on any atom is 0.0720 e. The lowest BCUT2D eigenvalue weighted by atomic mass is 9.82. The van der Waals surface area contributed by atoms with Gasteiger partial charge in [-0.3, -0.25) is 0 Å². The van der Waals surface area contributed by atoms with E-state index >= 15 is 0 Å². The molecule has 0 unspecified atom stereocenters. The Morgan fingerprint density at radius 3 is 2.13 bits per heavy atom. The molecule has 0 bridgehead atoms. The second kappa shape index (κ2) is 10.0. The Balaban J connectivity index is 2.76. The van der Waals surface area contributed by atoms with Crippen LogP contribution < -0.4 is 0 Å². The highest BCUT2D eigenvalue weighted by atomic mass is 16.5. The van der Waals surface area contributed by atoms with Crippen molar-refractivity contribution in [2.24, 2.45) is 17.8 Å². The average Bonchev–Trinajstić information content (AvgIpc) is 2.60. The van der Waals surface area contributed by atoms with Gasteiger partial charge in [-0.15, -0.1) is 0 Å². The lowest BCUT2D eigenvalue weighted by molar-refractivity contribution is -0.0981. The number of hydrogen-bond acceptors (Lipinski definition) is 4. The van der Waals surface area contributed by atoms with Crippen molar-refractivity contribution in [1.82, 2.24) is 0 Å². The van der Waals surface area contributed by atoms with Gasteiger partial charge in [0, 0.05) is 24.4 Å². The summed E-state index contributed by atoms with van der Waals surface area (Å²) in [6.45, 7) is 8.04. The molecule has 4 heteroatoms. The summed E-state index contributed by atoms with van der Waals surface area (Å²) in [4.78, 5) is 0. The highest BCUT2D eigenvalue weighted by molar-refractivity contribution is 5.13. The van der Waals surface area contributed by atoms with Crippen molar-refractivity contribution < 1.29 is 20.1 Å². The van der Waals surface area contributed by atoms with Gasteiger partial charge in [0.1, 0.15) is 0 Å². The predicted molar refractivity (Wildman–Crippen MR) is 91.9 cm³/mol. The van der Waals surface area contributed by atoms with Crippen LogP contribution in [0.2, 0.25) is 0 Å². The van der Waals surface area contributed by atoms with E-state index in [4.69, 9.17) is 4.74 Å². The maximum absolute atomic E-state index is 10.6. The van der Waals surface area contributed by atoms with Gasteiger partial charge in [0.25, 0.3) is 0 Å². The first kappa shape index (κ1) is 20.1. The molecule has 23 heavy (non-hydrogen) atoms. The molecular formula is C19H32O4. The number of aliphatic hydroxyl groups is 3. The fourth-order valence-electron chi connectivity index (χ4n) is 2.98. The van der Waals surface area contributed by atoms with Crippen LogP contribution in [0.15, 0.2) is 30.3 Å². The molecule has 1 aromatic rings. The molecular weight excluding hydrogens is 292 g/mol. The Bertz CT molecular complexity index is 423. The van der Waals surface area contributed by atoms with E-state index in [0.717, 1.165) is 5.56 Å². The van der Waals surface area contributed by atoms with Gasteiger partial charge in [-0.25, -0.2) is 0 Å². The van der Waals surface area contributed by atoms with Crippen LogP contribution in [0.1, 0.15) is 39.7 Å². The fraction of sp³-hybridized carbons (Fsp3) is 0.684. The fourth-order valence-corrected chi connectivity index (χ4v) is 2.98. The summed E-state index contributed by atoms with van der Waals surface area (Å²) in [6, 6.07) is 9.86. The largest absolute Gasteiger partial charge is 0.396 e. The van der Waals surface area contributed by atoms with E-state index in [0.29, 0.717) is 13.0 Å². The molecule has 0 saturated carbocycles. The monoisotopic (exact) mass is 324 g/mol. The van der Waals surface area contributed by atoms with Crippen LogP contribution in [0.25, 0.3) is 0 Å². The van der Waals surface area contributed by atoms with Crippen LogP contribution in [0, 0.1) is 17.8 Å².